The first-order chi connectivity index (χ1) is 11.7. The third-order valence-electron chi connectivity index (χ3n) is 4.72. The fourth-order valence-corrected chi connectivity index (χ4v) is 3.28. The van der Waals surface area contributed by atoms with Crippen molar-refractivity contribution in [1.82, 2.24) is 15.6 Å². The number of piperidine rings is 1. The van der Waals surface area contributed by atoms with Crippen LogP contribution < -0.4 is 10.6 Å². The summed E-state index contributed by atoms with van der Waals surface area (Å²) in [7, 11) is 0. The van der Waals surface area contributed by atoms with Gasteiger partial charge >= 0.3 is 0 Å². The van der Waals surface area contributed by atoms with E-state index < -0.39 is 5.82 Å². The van der Waals surface area contributed by atoms with E-state index in [-0.39, 0.29) is 23.8 Å². The lowest BCUT2D eigenvalue weighted by atomic mass is 9.85. The lowest BCUT2D eigenvalue weighted by Gasteiger charge is -2.25. The molecule has 6 heteroatoms. The molecule has 126 valence electrons. The van der Waals surface area contributed by atoms with E-state index in [4.69, 9.17) is 4.42 Å². The summed E-state index contributed by atoms with van der Waals surface area (Å²) >= 11 is 0. The van der Waals surface area contributed by atoms with Crippen LogP contribution in [0.15, 0.2) is 29.0 Å². The van der Waals surface area contributed by atoms with Gasteiger partial charge in [0.25, 0.3) is 5.91 Å². The van der Waals surface area contributed by atoms with E-state index in [1.165, 1.54) is 18.5 Å². The predicted molar refractivity (Wildman–Crippen MR) is 87.2 cm³/mol. The minimum Gasteiger partial charge on any atom is -0.444 e. The monoisotopic (exact) mass is 329 g/mol. The maximum Gasteiger partial charge on any atom is 0.251 e. The summed E-state index contributed by atoms with van der Waals surface area (Å²) in [5.74, 6) is -0.188. The van der Waals surface area contributed by atoms with E-state index in [1.807, 2.05) is 6.07 Å². The molecule has 1 amide bonds. The molecular weight excluding hydrogens is 309 g/mol. The van der Waals surface area contributed by atoms with E-state index in [0.717, 1.165) is 44.3 Å². The molecule has 0 atom stereocenters. The number of halogens is 1. The molecule has 1 saturated carbocycles. The summed E-state index contributed by atoms with van der Waals surface area (Å²) in [5.41, 5.74) is 1.58. The van der Waals surface area contributed by atoms with Crippen LogP contribution in [-0.4, -0.2) is 30.0 Å². The second-order valence-corrected chi connectivity index (χ2v) is 6.53. The van der Waals surface area contributed by atoms with Crippen molar-refractivity contribution in [1.29, 1.82) is 0 Å². The van der Waals surface area contributed by atoms with Crippen LogP contribution >= 0.6 is 0 Å². The summed E-state index contributed by atoms with van der Waals surface area (Å²) in [6.45, 7) is 1.77. The van der Waals surface area contributed by atoms with Crippen molar-refractivity contribution in [2.24, 2.45) is 0 Å². The molecule has 4 rings (SSSR count). The van der Waals surface area contributed by atoms with Gasteiger partial charge in [0, 0.05) is 11.6 Å². The average Bonchev–Trinajstić information content (AvgIpc) is 3.25. The molecule has 24 heavy (non-hydrogen) atoms. The Morgan fingerprint density at radius 3 is 2.71 bits per heavy atom. The molecule has 2 aromatic rings. The van der Waals surface area contributed by atoms with Crippen LogP contribution in [0.5, 0.6) is 0 Å². The molecule has 2 fully saturated rings. The summed E-state index contributed by atoms with van der Waals surface area (Å²) < 4.78 is 20.2. The average molecular weight is 329 g/mol. The summed E-state index contributed by atoms with van der Waals surface area (Å²) in [4.78, 5) is 16.5. The Labute approximate surface area is 139 Å². The van der Waals surface area contributed by atoms with Gasteiger partial charge in [-0.15, -0.1) is 0 Å². The van der Waals surface area contributed by atoms with E-state index in [2.05, 4.69) is 15.6 Å². The molecule has 0 unspecified atom stereocenters. The van der Waals surface area contributed by atoms with Crippen molar-refractivity contribution in [3.63, 3.8) is 0 Å². The highest BCUT2D eigenvalue weighted by Gasteiger charge is 2.28. The van der Waals surface area contributed by atoms with Gasteiger partial charge in [0.1, 0.15) is 12.1 Å². The molecule has 5 nitrogen and oxygen atoms in total. The standard InChI is InChI=1S/C18H20FN3O2/c19-15-10-12(17(23)22-13-1-2-13)9-14(11-3-5-20-6-4-11)16(15)18-21-7-8-24-18/h7-11,13,20H,1-6H2,(H,22,23). The third kappa shape index (κ3) is 3.06. The molecule has 0 spiro atoms. The zero-order valence-electron chi connectivity index (χ0n) is 13.3. The Kier molecular flexibility index (Phi) is 4.06. The second-order valence-electron chi connectivity index (χ2n) is 6.53. The molecular formula is C18H20FN3O2. The van der Waals surface area contributed by atoms with Gasteiger partial charge < -0.3 is 15.1 Å². The molecule has 1 aromatic heterocycles. The van der Waals surface area contributed by atoms with Crippen molar-refractivity contribution >= 4 is 5.91 Å². The molecule has 0 bridgehead atoms. The first kappa shape index (κ1) is 15.3. The first-order valence-electron chi connectivity index (χ1n) is 8.47. The van der Waals surface area contributed by atoms with Crippen LogP contribution in [0, 0.1) is 5.82 Å². The van der Waals surface area contributed by atoms with Crippen molar-refractivity contribution in [3.05, 3.63) is 41.5 Å². The third-order valence-corrected chi connectivity index (χ3v) is 4.72. The van der Waals surface area contributed by atoms with Crippen molar-refractivity contribution < 1.29 is 13.6 Å². The molecule has 0 radical (unpaired) electrons. The fourth-order valence-electron chi connectivity index (χ4n) is 3.28. The van der Waals surface area contributed by atoms with Gasteiger partial charge in [-0.1, -0.05) is 0 Å². The topological polar surface area (TPSA) is 67.2 Å². The Balaban J connectivity index is 1.75. The molecule has 2 heterocycles. The van der Waals surface area contributed by atoms with Crippen LogP contribution in [-0.2, 0) is 0 Å². The van der Waals surface area contributed by atoms with Crippen LogP contribution in [0.3, 0.4) is 0 Å². The summed E-state index contributed by atoms with van der Waals surface area (Å²) in [6.07, 6.45) is 6.76. The van der Waals surface area contributed by atoms with Gasteiger partial charge in [0.05, 0.1) is 11.8 Å². The maximum atomic E-state index is 14.8. The van der Waals surface area contributed by atoms with Gasteiger partial charge in [0.2, 0.25) is 5.89 Å². The highest BCUT2D eigenvalue weighted by atomic mass is 19.1. The van der Waals surface area contributed by atoms with E-state index in [0.29, 0.717) is 11.1 Å². The number of rotatable bonds is 4. The summed E-state index contributed by atoms with van der Waals surface area (Å²) in [5, 5.41) is 6.24. The van der Waals surface area contributed by atoms with Crippen molar-refractivity contribution in [2.45, 2.75) is 37.6 Å². The smallest absolute Gasteiger partial charge is 0.251 e. The van der Waals surface area contributed by atoms with Gasteiger partial charge in [-0.3, -0.25) is 4.79 Å². The molecule has 1 aromatic carbocycles. The van der Waals surface area contributed by atoms with Crippen LogP contribution in [0.4, 0.5) is 4.39 Å². The first-order valence-corrected chi connectivity index (χ1v) is 8.47. The van der Waals surface area contributed by atoms with Crippen molar-refractivity contribution in [2.75, 3.05) is 13.1 Å². The number of carbonyl (C=O) groups is 1. The Morgan fingerprint density at radius 1 is 1.25 bits per heavy atom. The molecule has 2 N–H and O–H groups in total. The largest absolute Gasteiger partial charge is 0.444 e. The zero-order chi connectivity index (χ0) is 16.5. The van der Waals surface area contributed by atoms with Crippen LogP contribution in [0.25, 0.3) is 11.5 Å². The predicted octanol–water partition coefficient (Wildman–Crippen LogP) is 2.84. The number of hydrogen-bond donors (Lipinski definition) is 2. The van der Waals surface area contributed by atoms with Gasteiger partial charge in [-0.2, -0.15) is 0 Å². The minimum absolute atomic E-state index is 0.191. The number of hydrogen-bond acceptors (Lipinski definition) is 4. The lowest BCUT2D eigenvalue weighted by molar-refractivity contribution is 0.0950. The van der Waals surface area contributed by atoms with Gasteiger partial charge in [-0.05, 0) is 62.4 Å². The van der Waals surface area contributed by atoms with Crippen LogP contribution in [0.1, 0.15) is 47.5 Å². The second kappa shape index (κ2) is 6.36. The maximum absolute atomic E-state index is 14.8. The molecule has 1 saturated heterocycles. The normalized spacial score (nSPS) is 18.5. The van der Waals surface area contributed by atoms with Gasteiger partial charge in [-0.25, -0.2) is 9.37 Å². The van der Waals surface area contributed by atoms with E-state index in [1.54, 1.807) is 0 Å². The molecule has 1 aliphatic carbocycles. The fraction of sp³-hybridized carbons (Fsp3) is 0.444. The molecule has 1 aliphatic heterocycles. The Hall–Kier alpha value is -2.21. The molecule has 2 aliphatic rings. The summed E-state index contributed by atoms with van der Waals surface area (Å²) in [6, 6.07) is 3.35. The van der Waals surface area contributed by atoms with E-state index >= 15 is 0 Å². The number of benzene rings is 1. The SMILES string of the molecule is O=C(NC1CC1)c1cc(F)c(-c2ncco2)c(C2CCNCC2)c1. The lowest BCUT2D eigenvalue weighted by Crippen LogP contribution is -2.28. The number of aromatic nitrogens is 1. The number of nitrogens with zero attached hydrogens (tertiary/aromatic N) is 1. The number of nitrogens with one attached hydrogen (secondary N) is 2. The number of amides is 1. The zero-order valence-corrected chi connectivity index (χ0v) is 13.3. The van der Waals surface area contributed by atoms with Crippen LogP contribution in [0.2, 0.25) is 0 Å². The Bertz CT molecular complexity index is 735. The number of oxazole rings is 1. The minimum atomic E-state index is -0.450. The van der Waals surface area contributed by atoms with E-state index in [9.17, 15) is 9.18 Å². The number of carbonyl (C=O) groups excluding carboxylic acids is 1. The quantitative estimate of drug-likeness (QED) is 0.905. The Morgan fingerprint density at radius 2 is 2.04 bits per heavy atom. The van der Waals surface area contributed by atoms with Gasteiger partial charge in [0.15, 0.2) is 0 Å². The van der Waals surface area contributed by atoms with Crippen molar-refractivity contribution in [3.8, 4) is 11.5 Å². The highest BCUT2D eigenvalue weighted by molar-refractivity contribution is 5.95. The highest BCUT2D eigenvalue weighted by Crippen LogP contribution is 2.36.